The highest BCUT2D eigenvalue weighted by Gasteiger charge is 2.27. The molecule has 3 heterocycles. The van der Waals surface area contributed by atoms with Crippen LogP contribution in [-0.4, -0.2) is 59.2 Å². The van der Waals surface area contributed by atoms with E-state index in [0.29, 0.717) is 45.0 Å². The lowest BCUT2D eigenvalue weighted by molar-refractivity contribution is 0.0563. The van der Waals surface area contributed by atoms with Crippen molar-refractivity contribution < 1.29 is 14.3 Å². The molecule has 2 aromatic heterocycles. The van der Waals surface area contributed by atoms with Crippen LogP contribution in [0.1, 0.15) is 24.3 Å². The van der Waals surface area contributed by atoms with Gasteiger partial charge in [-0.05, 0) is 31.4 Å². The number of allylic oxidation sites excluding steroid dienone is 1. The summed E-state index contributed by atoms with van der Waals surface area (Å²) in [4.78, 5) is 29.4. The van der Waals surface area contributed by atoms with Crippen molar-refractivity contribution in [1.82, 2.24) is 14.4 Å². The molecular formula is C18H23N3O3S. The Balaban J connectivity index is 1.76. The van der Waals surface area contributed by atoms with Crippen molar-refractivity contribution in [3.8, 4) is 0 Å². The summed E-state index contributed by atoms with van der Waals surface area (Å²) in [5.41, 5.74) is 1.70. The lowest BCUT2D eigenvalue weighted by Crippen LogP contribution is -2.51. The van der Waals surface area contributed by atoms with Crippen LogP contribution in [-0.2, 0) is 11.3 Å². The summed E-state index contributed by atoms with van der Waals surface area (Å²) in [5, 5.41) is 3.12. The number of amides is 2. The minimum atomic E-state index is -0.305. The van der Waals surface area contributed by atoms with Gasteiger partial charge in [0.2, 0.25) is 0 Å². The van der Waals surface area contributed by atoms with Gasteiger partial charge in [0.05, 0.1) is 6.61 Å². The Labute approximate surface area is 151 Å². The van der Waals surface area contributed by atoms with Crippen molar-refractivity contribution in [2.75, 3.05) is 32.8 Å². The number of hydrogen-bond donors (Lipinski definition) is 0. The Bertz CT molecular complexity index is 800. The molecule has 0 radical (unpaired) electrons. The first-order chi connectivity index (χ1) is 12.0. The van der Waals surface area contributed by atoms with E-state index in [4.69, 9.17) is 4.74 Å². The molecule has 2 amide bonds. The van der Waals surface area contributed by atoms with E-state index in [1.807, 2.05) is 33.9 Å². The number of rotatable bonds is 4. The predicted octanol–water partition coefficient (Wildman–Crippen LogP) is 3.19. The van der Waals surface area contributed by atoms with Gasteiger partial charge in [-0.25, -0.2) is 4.79 Å². The smallest absolute Gasteiger partial charge is 0.409 e. The number of carbonyl (C=O) groups excluding carboxylic acids is 2. The lowest BCUT2D eigenvalue weighted by atomic mass is 10.2. The summed E-state index contributed by atoms with van der Waals surface area (Å²) >= 11 is 1.63. The molecule has 0 bridgehead atoms. The summed E-state index contributed by atoms with van der Waals surface area (Å²) in [5.74, 6) is 0.00755. The monoisotopic (exact) mass is 361 g/mol. The molecule has 1 saturated heterocycles. The van der Waals surface area contributed by atoms with Crippen molar-refractivity contribution in [2.24, 2.45) is 0 Å². The quantitative estimate of drug-likeness (QED) is 0.786. The molecule has 0 aromatic carbocycles. The minimum Gasteiger partial charge on any atom is -0.450 e. The maximum Gasteiger partial charge on any atom is 0.409 e. The van der Waals surface area contributed by atoms with E-state index in [1.165, 1.54) is 0 Å². The van der Waals surface area contributed by atoms with Gasteiger partial charge in [0.25, 0.3) is 5.91 Å². The van der Waals surface area contributed by atoms with Crippen LogP contribution >= 0.6 is 11.3 Å². The van der Waals surface area contributed by atoms with Crippen molar-refractivity contribution >= 4 is 33.6 Å². The summed E-state index contributed by atoms with van der Waals surface area (Å²) in [6.07, 6.45) is -0.305. The van der Waals surface area contributed by atoms with Crippen LogP contribution in [0.5, 0.6) is 0 Å². The van der Waals surface area contributed by atoms with E-state index >= 15 is 0 Å². The van der Waals surface area contributed by atoms with Crippen LogP contribution < -0.4 is 0 Å². The largest absolute Gasteiger partial charge is 0.450 e. The van der Waals surface area contributed by atoms with Gasteiger partial charge in [-0.2, -0.15) is 0 Å². The number of carbonyl (C=O) groups is 2. The third-order valence-corrected chi connectivity index (χ3v) is 5.19. The van der Waals surface area contributed by atoms with Crippen molar-refractivity contribution in [1.29, 1.82) is 0 Å². The fourth-order valence-electron chi connectivity index (χ4n) is 3.05. The molecule has 0 unspecified atom stereocenters. The number of hydrogen-bond acceptors (Lipinski definition) is 4. The molecule has 0 aliphatic carbocycles. The molecule has 0 saturated carbocycles. The van der Waals surface area contributed by atoms with Crippen molar-refractivity contribution in [2.45, 2.75) is 20.4 Å². The van der Waals surface area contributed by atoms with Crippen LogP contribution in [0.4, 0.5) is 4.79 Å². The summed E-state index contributed by atoms with van der Waals surface area (Å²) < 4.78 is 7.07. The lowest BCUT2D eigenvalue weighted by Gasteiger charge is -2.34. The average Bonchev–Trinajstić information content (AvgIpc) is 3.17. The van der Waals surface area contributed by atoms with E-state index < -0.39 is 0 Å². The number of nitrogens with zero attached hydrogens (tertiary/aromatic N) is 3. The molecule has 25 heavy (non-hydrogen) atoms. The van der Waals surface area contributed by atoms with Crippen LogP contribution in [0, 0.1) is 0 Å². The Hall–Kier alpha value is -2.28. The van der Waals surface area contributed by atoms with E-state index in [0.717, 1.165) is 15.8 Å². The van der Waals surface area contributed by atoms with E-state index in [-0.39, 0.29) is 12.0 Å². The number of piperazine rings is 1. The van der Waals surface area contributed by atoms with E-state index in [2.05, 4.69) is 6.58 Å². The maximum atomic E-state index is 13.0. The number of ether oxygens (including phenoxy) is 1. The van der Waals surface area contributed by atoms with Crippen molar-refractivity contribution in [3.63, 3.8) is 0 Å². The maximum absolute atomic E-state index is 13.0. The average molecular weight is 361 g/mol. The zero-order chi connectivity index (χ0) is 18.0. The fourth-order valence-corrected chi connectivity index (χ4v) is 3.94. The molecule has 0 N–H and O–H groups in total. The molecule has 134 valence electrons. The molecule has 1 fully saturated rings. The SMILES string of the molecule is C=C(C)Cn1c(C(=O)N2CCN(C(=O)OCC)CC2)cc2ccsc21. The molecule has 0 spiro atoms. The number of aromatic nitrogens is 1. The summed E-state index contributed by atoms with van der Waals surface area (Å²) in [7, 11) is 0. The van der Waals surface area contributed by atoms with Crippen LogP contribution in [0.3, 0.4) is 0 Å². The highest BCUT2D eigenvalue weighted by Crippen LogP contribution is 2.27. The highest BCUT2D eigenvalue weighted by atomic mass is 32.1. The zero-order valence-corrected chi connectivity index (χ0v) is 15.5. The standard InChI is InChI=1S/C18H23N3O3S/c1-4-24-18(23)20-8-6-19(7-9-20)16(22)15-11-14-5-10-25-17(14)21(15)12-13(2)3/h5,10-11H,2,4,6-9,12H2,1,3H3. The van der Waals surface area contributed by atoms with Crippen LogP contribution in [0.2, 0.25) is 0 Å². The summed E-state index contributed by atoms with van der Waals surface area (Å²) in [6.45, 7) is 10.8. The van der Waals surface area contributed by atoms with Crippen LogP contribution in [0.15, 0.2) is 29.7 Å². The summed E-state index contributed by atoms with van der Waals surface area (Å²) in [6, 6.07) is 3.99. The van der Waals surface area contributed by atoms with Crippen molar-refractivity contribution in [3.05, 3.63) is 35.4 Å². The zero-order valence-electron chi connectivity index (χ0n) is 14.7. The van der Waals surface area contributed by atoms with Crippen LogP contribution in [0.25, 0.3) is 10.2 Å². The molecule has 1 aliphatic rings. The van der Waals surface area contributed by atoms with E-state index in [1.54, 1.807) is 23.2 Å². The molecule has 3 rings (SSSR count). The Morgan fingerprint density at radius 1 is 1.24 bits per heavy atom. The Morgan fingerprint density at radius 3 is 2.56 bits per heavy atom. The number of fused-ring (bicyclic) bond motifs is 1. The highest BCUT2D eigenvalue weighted by molar-refractivity contribution is 7.16. The first-order valence-electron chi connectivity index (χ1n) is 8.43. The second kappa shape index (κ2) is 7.31. The van der Waals surface area contributed by atoms with Gasteiger partial charge in [0.1, 0.15) is 10.5 Å². The second-order valence-corrected chi connectivity index (χ2v) is 7.13. The minimum absolute atomic E-state index is 0.00755. The van der Waals surface area contributed by atoms with Gasteiger partial charge in [-0.3, -0.25) is 4.79 Å². The van der Waals surface area contributed by atoms with Gasteiger partial charge in [-0.1, -0.05) is 12.2 Å². The fraction of sp³-hybridized carbons (Fsp3) is 0.444. The molecule has 1 aliphatic heterocycles. The molecular weight excluding hydrogens is 338 g/mol. The third-order valence-electron chi connectivity index (χ3n) is 4.24. The molecule has 7 heteroatoms. The topological polar surface area (TPSA) is 54.8 Å². The third kappa shape index (κ3) is 3.56. The van der Waals surface area contributed by atoms with Gasteiger partial charge in [0.15, 0.2) is 0 Å². The van der Waals surface area contributed by atoms with Gasteiger partial charge in [-0.15, -0.1) is 11.3 Å². The van der Waals surface area contributed by atoms with E-state index in [9.17, 15) is 9.59 Å². The normalized spacial score (nSPS) is 14.8. The van der Waals surface area contributed by atoms with Gasteiger partial charge < -0.3 is 19.1 Å². The second-order valence-electron chi connectivity index (χ2n) is 6.23. The Morgan fingerprint density at radius 2 is 1.92 bits per heavy atom. The first-order valence-corrected chi connectivity index (χ1v) is 9.31. The number of thiophene rings is 1. The predicted molar refractivity (Wildman–Crippen MR) is 99.1 cm³/mol. The van der Waals surface area contributed by atoms with Gasteiger partial charge in [0, 0.05) is 38.1 Å². The first kappa shape index (κ1) is 17.5. The molecule has 2 aromatic rings. The van der Waals surface area contributed by atoms with Gasteiger partial charge >= 0.3 is 6.09 Å². The molecule has 0 atom stereocenters. The molecule has 6 nitrogen and oxygen atoms in total. The Kier molecular flexibility index (Phi) is 5.13.